The number of allylic oxidation sites excluding steroid dienone is 1. The highest BCUT2D eigenvalue weighted by molar-refractivity contribution is 7.99. The van der Waals surface area contributed by atoms with E-state index in [4.69, 9.17) is 16.3 Å². The van der Waals surface area contributed by atoms with Crippen LogP contribution in [0.5, 0.6) is 0 Å². The maximum Gasteiger partial charge on any atom is 0.501 e. The number of nitrogens with zero attached hydrogens (tertiary/aromatic N) is 6. The van der Waals surface area contributed by atoms with Gasteiger partial charge in [0.15, 0.2) is 0 Å². The topological polar surface area (TPSA) is 218 Å². The lowest BCUT2D eigenvalue weighted by Gasteiger charge is -2.45. The first kappa shape index (κ1) is 83.4. The summed E-state index contributed by atoms with van der Waals surface area (Å²) in [5.41, 5.74) is 3.68. The van der Waals surface area contributed by atoms with Crippen molar-refractivity contribution in [1.82, 2.24) is 45.3 Å². The Morgan fingerprint density at radius 3 is 2.11 bits per heavy atom. The third kappa shape index (κ3) is 21.9. The number of piperazine rings is 1. The van der Waals surface area contributed by atoms with Crippen molar-refractivity contribution < 1.29 is 50.3 Å². The molecule has 4 saturated heterocycles. The van der Waals surface area contributed by atoms with E-state index < -0.39 is 43.6 Å². The Kier molecular flexibility index (Phi) is 28.2. The van der Waals surface area contributed by atoms with Crippen LogP contribution in [-0.4, -0.2) is 189 Å². The summed E-state index contributed by atoms with van der Waals surface area (Å²) in [5, 5.41) is 14.2. The Hall–Kier alpha value is -7.01. The summed E-state index contributed by atoms with van der Waals surface area (Å²) in [7, 11) is -5.80. The van der Waals surface area contributed by atoms with Crippen LogP contribution in [0, 0.1) is 24.2 Å². The number of likely N-dealkylation sites (tertiary alicyclic amines) is 2. The molecule has 111 heavy (non-hydrogen) atoms. The number of morpholine rings is 1. The number of nitrogens with one attached hydrogen (secondary N) is 5. The van der Waals surface area contributed by atoms with Crippen molar-refractivity contribution in [2.45, 2.75) is 187 Å². The second kappa shape index (κ2) is 37.5. The van der Waals surface area contributed by atoms with Gasteiger partial charge >= 0.3 is 5.51 Å². The molecule has 598 valence electrons. The van der Waals surface area contributed by atoms with Gasteiger partial charge in [-0.3, -0.25) is 38.5 Å². The fourth-order valence-corrected chi connectivity index (χ4v) is 20.3. The van der Waals surface area contributed by atoms with Gasteiger partial charge in [-0.1, -0.05) is 92.5 Å². The van der Waals surface area contributed by atoms with Gasteiger partial charge in [-0.25, -0.2) is 13.4 Å². The van der Waals surface area contributed by atoms with Gasteiger partial charge in [-0.05, 0) is 216 Å². The first-order valence-corrected chi connectivity index (χ1v) is 43.9. The summed E-state index contributed by atoms with van der Waals surface area (Å²) < 4.78 is 77.8. The summed E-state index contributed by atoms with van der Waals surface area (Å²) in [4.78, 5) is 85.5. The number of benzene rings is 5. The van der Waals surface area contributed by atoms with Gasteiger partial charge in [0, 0.05) is 134 Å². The molecule has 19 nitrogen and oxygen atoms in total. The van der Waals surface area contributed by atoms with Gasteiger partial charge < -0.3 is 40.7 Å². The molecule has 5 heterocycles. The van der Waals surface area contributed by atoms with Crippen molar-refractivity contribution in [2.24, 2.45) is 17.3 Å². The maximum atomic E-state index is 14.4. The monoisotopic (exact) mass is 1620 g/mol. The van der Waals surface area contributed by atoms with E-state index in [1.165, 1.54) is 40.6 Å². The quantitative estimate of drug-likeness (QED) is 0.0228. The zero-order valence-corrected chi connectivity index (χ0v) is 68.6. The van der Waals surface area contributed by atoms with Gasteiger partial charge in [0.1, 0.15) is 17.0 Å². The number of alkyl halides is 3. The number of rotatable bonds is 28. The molecule has 5 aromatic carbocycles. The van der Waals surface area contributed by atoms with Crippen LogP contribution in [0.4, 0.5) is 24.5 Å². The number of carbonyl (C=O) groups excluding carboxylic acids is 5. The Morgan fingerprint density at radius 1 is 0.757 bits per heavy atom. The smallest absolute Gasteiger partial charge is 0.380 e. The van der Waals surface area contributed by atoms with E-state index in [1.807, 2.05) is 124 Å². The van der Waals surface area contributed by atoms with E-state index in [2.05, 4.69) is 64.7 Å². The number of thiazole rings is 1. The molecule has 5 fully saturated rings. The highest BCUT2D eigenvalue weighted by Crippen LogP contribution is 2.43. The second-order valence-corrected chi connectivity index (χ2v) is 37.3. The average molecular weight is 1620 g/mol. The Bertz CT molecular complexity index is 4310. The number of halogens is 4. The summed E-state index contributed by atoms with van der Waals surface area (Å²) in [5.74, 6) is 0.205. The molecule has 5 amide bonds. The molecule has 2 unspecified atom stereocenters. The lowest BCUT2D eigenvalue weighted by Crippen LogP contribution is -2.57. The highest BCUT2D eigenvalue weighted by atomic mass is 35.5. The first-order valence-electron chi connectivity index (χ1n) is 39.3. The number of hydrogen-bond donors (Lipinski definition) is 5. The molecule has 0 radical (unpaired) electrons. The third-order valence-electron chi connectivity index (χ3n) is 23.2. The van der Waals surface area contributed by atoms with Gasteiger partial charge in [0.2, 0.25) is 23.6 Å². The molecule has 27 heteroatoms. The zero-order valence-electron chi connectivity index (χ0n) is 64.6. The average Bonchev–Trinajstić information content (AvgIpc) is 1.78. The van der Waals surface area contributed by atoms with E-state index in [1.54, 1.807) is 28.4 Å². The molecular weight excluding hydrogens is 1510 g/mol. The van der Waals surface area contributed by atoms with Crippen molar-refractivity contribution in [2.75, 3.05) is 101 Å². The number of sulfone groups is 1. The van der Waals surface area contributed by atoms with E-state index in [0.29, 0.717) is 92.9 Å². The maximum absolute atomic E-state index is 14.4. The number of piperidine rings is 1. The van der Waals surface area contributed by atoms with E-state index >= 15 is 0 Å². The first-order chi connectivity index (χ1) is 53.1. The number of aryl methyl sites for hydroxylation is 1. The van der Waals surface area contributed by atoms with Gasteiger partial charge in [-0.15, -0.1) is 23.1 Å². The third-order valence-corrected chi connectivity index (χ3v) is 27.9. The molecule has 0 bridgehead atoms. The fourth-order valence-electron chi connectivity index (χ4n) is 16.7. The van der Waals surface area contributed by atoms with Crippen LogP contribution in [0.2, 0.25) is 5.02 Å². The van der Waals surface area contributed by atoms with Crippen LogP contribution in [0.1, 0.15) is 158 Å². The van der Waals surface area contributed by atoms with Gasteiger partial charge in [0.05, 0.1) is 41.0 Å². The Balaban J connectivity index is 0.581. The summed E-state index contributed by atoms with van der Waals surface area (Å²) >= 11 is 10.3. The minimum atomic E-state index is -5.80. The van der Waals surface area contributed by atoms with Crippen LogP contribution in [0.25, 0.3) is 16.0 Å². The molecule has 2 aliphatic carbocycles. The lowest BCUT2D eigenvalue weighted by atomic mass is 9.72. The van der Waals surface area contributed by atoms with Crippen molar-refractivity contribution in [1.29, 1.82) is 0 Å². The lowest BCUT2D eigenvalue weighted by molar-refractivity contribution is -0.144. The summed E-state index contributed by atoms with van der Waals surface area (Å²) in [6, 6.07) is 35.2. The predicted molar refractivity (Wildman–Crippen MR) is 438 cm³/mol. The fraction of sp³-hybridized carbons (Fsp3) is 0.524. The van der Waals surface area contributed by atoms with E-state index in [9.17, 15) is 45.6 Å². The molecule has 6 aliphatic rings. The number of anilines is 2. The molecule has 0 spiro atoms. The summed E-state index contributed by atoms with van der Waals surface area (Å²) in [6.07, 6.45) is 11.0. The normalized spacial score (nSPS) is 21.5. The number of hydrogen-bond acceptors (Lipinski definition) is 17. The number of ether oxygens (including phenoxy) is 1. The van der Waals surface area contributed by atoms with E-state index in [0.717, 1.165) is 154 Å². The van der Waals surface area contributed by atoms with Crippen molar-refractivity contribution >= 4 is 103 Å². The SMILES string of the molecule is Cc1ncsc1-c1ccc([C@H](C)NC(=O)[C@@H]2CCCN2C(=O)C(NC(=O)CCC(=O)N2CCC(C3CCC(NC4(C)CCC(c5ccc(Cl)cc5)=C(CN5CCN(c6ccc(C(=O)NSc7ccc(N[C@H](CCN8CCOCC8)CSc8ccccc8)c(S(=O)(=O)C(F)(F)F)c7)cc6)CC5)C4)CC3)CC2)C(C)(C)C)cc1. The van der Waals surface area contributed by atoms with Crippen molar-refractivity contribution in [3.05, 3.63) is 160 Å². The number of amides is 5. The number of carbonyl (C=O) groups is 5. The van der Waals surface area contributed by atoms with Crippen LogP contribution < -0.4 is 30.9 Å². The standard InChI is InChI=1S/C84H107ClF3N11O8S4/c1-56(58-14-16-62(17-15-58)77-57(2)89-55-109-77)90-80(103)73-13-10-39-99(73)81(104)78(82(3,4)5)92-75(100)32-33-76(101)98-41-35-60(36-42-98)59-20-26-66(27-21-59)93-83(6)38-34-71(61-18-24-65(85)25-19-61)64(52-83)53-96-43-45-97(46-44-96)68-28-22-63(23-29-68)79(102)94-110-70-30-31-72(74(51-70)111(105,106)84(86,87)88)91-67(37-40-95-47-49-107-50-48-95)54-108-69-11-8-7-9-12-69/h7-9,11-12,14-19,22-25,28-31,51,55-56,59-60,66-67,73,78,91,93H,10,13,20-21,26-27,32-50,52-54H2,1-6H3,(H,90,103)(H,92,100)(H,94,102)/t56-,59?,66?,67+,73-,78?,83?/m0/s1. The molecular formula is C84H107ClF3N11O8S4. The van der Waals surface area contributed by atoms with Crippen molar-refractivity contribution in [3.63, 3.8) is 0 Å². The molecule has 6 aromatic rings. The second-order valence-electron chi connectivity index (χ2n) is 32.1. The molecule has 5 N–H and O–H groups in total. The van der Waals surface area contributed by atoms with Gasteiger partial charge in [-0.2, -0.15) is 13.2 Å². The minimum Gasteiger partial charge on any atom is -0.380 e. The molecule has 5 atom stereocenters. The predicted octanol–water partition coefficient (Wildman–Crippen LogP) is 14.9. The number of aromatic nitrogens is 1. The number of thioether (sulfide) groups is 1. The Morgan fingerprint density at radius 2 is 1.44 bits per heavy atom. The molecule has 4 aliphatic heterocycles. The van der Waals surface area contributed by atoms with Crippen LogP contribution in [0.15, 0.2) is 147 Å². The zero-order chi connectivity index (χ0) is 78.6. The van der Waals surface area contributed by atoms with Crippen LogP contribution >= 0.6 is 46.6 Å². The van der Waals surface area contributed by atoms with Crippen LogP contribution in [0.3, 0.4) is 0 Å². The molecule has 1 aromatic heterocycles. The van der Waals surface area contributed by atoms with Crippen LogP contribution in [-0.2, 0) is 33.8 Å². The summed E-state index contributed by atoms with van der Waals surface area (Å²) in [6.45, 7) is 21.1. The molecule has 1 saturated carbocycles. The van der Waals surface area contributed by atoms with Gasteiger partial charge in [0.25, 0.3) is 15.7 Å². The highest BCUT2D eigenvalue weighted by Gasteiger charge is 2.49. The molecule has 12 rings (SSSR count). The van der Waals surface area contributed by atoms with E-state index in [-0.39, 0.29) is 64.7 Å². The van der Waals surface area contributed by atoms with Crippen molar-refractivity contribution in [3.8, 4) is 10.4 Å². The minimum absolute atomic E-state index is 0.0279. The largest absolute Gasteiger partial charge is 0.501 e. The Labute approximate surface area is 670 Å².